The first-order valence-electron chi connectivity index (χ1n) is 8.84. The molecule has 0 bridgehead atoms. The van der Waals surface area contributed by atoms with Crippen molar-refractivity contribution in [3.63, 3.8) is 0 Å². The first kappa shape index (κ1) is 18.2. The molecule has 28 heavy (non-hydrogen) atoms. The van der Waals surface area contributed by atoms with Gasteiger partial charge < -0.3 is 9.88 Å². The van der Waals surface area contributed by atoms with Crippen LogP contribution in [0.2, 0.25) is 0 Å². The van der Waals surface area contributed by atoms with Gasteiger partial charge in [-0.3, -0.25) is 9.78 Å². The number of carbonyl (C=O) groups is 1. The minimum absolute atomic E-state index is 0.0961. The summed E-state index contributed by atoms with van der Waals surface area (Å²) < 4.78 is 1.91. The van der Waals surface area contributed by atoms with Crippen LogP contribution in [-0.4, -0.2) is 31.4 Å². The number of hydrogen-bond donors (Lipinski definition) is 1. The fourth-order valence-corrected chi connectivity index (χ4v) is 3.63. The van der Waals surface area contributed by atoms with Crippen LogP contribution in [0.3, 0.4) is 0 Å². The van der Waals surface area contributed by atoms with E-state index in [1.807, 2.05) is 73.1 Å². The first-order chi connectivity index (χ1) is 13.6. The highest BCUT2D eigenvalue weighted by Gasteiger charge is 2.13. The Hall–Kier alpha value is -3.19. The minimum Gasteiger partial charge on any atom is -0.325 e. The molecule has 0 aliphatic rings. The highest BCUT2D eigenvalue weighted by Crippen LogP contribution is 2.24. The molecule has 0 fully saturated rings. The summed E-state index contributed by atoms with van der Waals surface area (Å²) in [4.78, 5) is 16.8. The second kappa shape index (κ2) is 7.82. The van der Waals surface area contributed by atoms with Crippen LogP contribution >= 0.6 is 11.8 Å². The molecule has 0 saturated heterocycles. The molecule has 4 rings (SSSR count). The van der Waals surface area contributed by atoms with Crippen LogP contribution in [0, 0.1) is 6.92 Å². The van der Waals surface area contributed by atoms with E-state index in [4.69, 9.17) is 0 Å². The lowest BCUT2D eigenvalue weighted by Crippen LogP contribution is -2.14. The van der Waals surface area contributed by atoms with Gasteiger partial charge >= 0.3 is 0 Å². The van der Waals surface area contributed by atoms with Crippen LogP contribution in [-0.2, 0) is 11.8 Å². The smallest absolute Gasteiger partial charge is 0.234 e. The molecule has 0 aliphatic carbocycles. The summed E-state index contributed by atoms with van der Waals surface area (Å²) in [5.41, 5.74) is 3.81. The molecule has 1 N–H and O–H groups in total. The number of nitrogens with one attached hydrogen (secondary N) is 1. The van der Waals surface area contributed by atoms with Crippen LogP contribution in [0.1, 0.15) is 5.56 Å². The molecule has 0 unspecified atom stereocenters. The predicted octanol–water partition coefficient (Wildman–Crippen LogP) is 4.07. The third-order valence-corrected chi connectivity index (χ3v) is 5.42. The third kappa shape index (κ3) is 3.75. The molecule has 1 amide bonds. The molecule has 0 saturated carbocycles. The molecular formula is C21H19N5OS. The van der Waals surface area contributed by atoms with Gasteiger partial charge in [0.25, 0.3) is 0 Å². The van der Waals surface area contributed by atoms with Gasteiger partial charge in [-0.25, -0.2) is 0 Å². The van der Waals surface area contributed by atoms with E-state index in [2.05, 4.69) is 20.5 Å². The van der Waals surface area contributed by atoms with E-state index in [-0.39, 0.29) is 11.7 Å². The van der Waals surface area contributed by atoms with E-state index >= 15 is 0 Å². The van der Waals surface area contributed by atoms with Crippen molar-refractivity contribution in [3.05, 3.63) is 66.4 Å². The maximum absolute atomic E-state index is 12.4. The number of rotatable bonds is 5. The molecule has 0 spiro atoms. The molecule has 7 heteroatoms. The summed E-state index contributed by atoms with van der Waals surface area (Å²) in [6, 6.07) is 17.6. The Morgan fingerprint density at radius 1 is 1.07 bits per heavy atom. The fourth-order valence-electron chi connectivity index (χ4n) is 2.92. The molecule has 0 radical (unpaired) electrons. The Morgan fingerprint density at radius 2 is 1.89 bits per heavy atom. The number of aromatic nitrogens is 4. The lowest BCUT2D eigenvalue weighted by molar-refractivity contribution is -0.113. The van der Waals surface area contributed by atoms with Crippen molar-refractivity contribution in [2.45, 2.75) is 12.1 Å². The number of benzene rings is 2. The highest BCUT2D eigenvalue weighted by molar-refractivity contribution is 7.99. The van der Waals surface area contributed by atoms with Crippen molar-refractivity contribution >= 4 is 34.3 Å². The van der Waals surface area contributed by atoms with Gasteiger partial charge in [-0.05, 0) is 31.2 Å². The number of anilines is 1. The Bertz CT molecular complexity index is 1130. The van der Waals surface area contributed by atoms with Gasteiger partial charge in [0.1, 0.15) is 0 Å². The van der Waals surface area contributed by atoms with Gasteiger partial charge in [-0.1, -0.05) is 47.7 Å². The lowest BCUT2D eigenvalue weighted by Gasteiger charge is -2.08. The Morgan fingerprint density at radius 3 is 2.71 bits per heavy atom. The van der Waals surface area contributed by atoms with E-state index in [0.29, 0.717) is 5.16 Å². The quantitative estimate of drug-likeness (QED) is 0.521. The van der Waals surface area contributed by atoms with Crippen LogP contribution < -0.4 is 5.32 Å². The maximum Gasteiger partial charge on any atom is 0.234 e. The third-order valence-electron chi connectivity index (χ3n) is 4.40. The Balaban J connectivity index is 1.44. The fraction of sp³-hybridized carbons (Fsp3) is 0.143. The zero-order valence-electron chi connectivity index (χ0n) is 15.6. The number of nitrogens with zero attached hydrogens (tertiary/aromatic N) is 4. The van der Waals surface area contributed by atoms with Crippen molar-refractivity contribution in [1.29, 1.82) is 0 Å². The second-order valence-electron chi connectivity index (χ2n) is 6.44. The van der Waals surface area contributed by atoms with E-state index in [0.717, 1.165) is 28.0 Å². The van der Waals surface area contributed by atoms with Gasteiger partial charge in [0.2, 0.25) is 5.91 Å². The normalized spacial score (nSPS) is 10.9. The molecule has 0 atom stereocenters. The van der Waals surface area contributed by atoms with E-state index < -0.39 is 0 Å². The number of hydrogen-bond acceptors (Lipinski definition) is 5. The standard InChI is InChI=1S/C21H19N5OS/c1-14-8-10-15(11-9-14)20-24-25-21(26(20)2)28-13-19(27)23-18-7-3-6-17-16(18)5-4-12-22-17/h3-12H,13H2,1-2H3,(H,23,27). The number of thioether (sulfide) groups is 1. The molecular weight excluding hydrogens is 370 g/mol. The van der Waals surface area contributed by atoms with Crippen molar-refractivity contribution in [1.82, 2.24) is 19.7 Å². The highest BCUT2D eigenvalue weighted by atomic mass is 32.2. The van der Waals surface area contributed by atoms with Gasteiger partial charge in [-0.15, -0.1) is 10.2 Å². The molecule has 2 heterocycles. The maximum atomic E-state index is 12.4. The molecule has 6 nitrogen and oxygen atoms in total. The average Bonchev–Trinajstić information content (AvgIpc) is 3.08. The molecule has 0 aliphatic heterocycles. The Kier molecular flexibility index (Phi) is 5.08. The second-order valence-corrected chi connectivity index (χ2v) is 7.39. The molecule has 2 aromatic heterocycles. The van der Waals surface area contributed by atoms with Crippen LogP contribution in [0.25, 0.3) is 22.3 Å². The van der Waals surface area contributed by atoms with Gasteiger partial charge in [-0.2, -0.15) is 0 Å². The molecule has 2 aromatic carbocycles. The van der Waals surface area contributed by atoms with Crippen molar-refractivity contribution in [3.8, 4) is 11.4 Å². The van der Waals surface area contributed by atoms with Crippen LogP contribution in [0.4, 0.5) is 5.69 Å². The van der Waals surface area contributed by atoms with E-state index in [1.54, 1.807) is 6.20 Å². The van der Waals surface area contributed by atoms with Crippen LogP contribution in [0.15, 0.2) is 66.0 Å². The van der Waals surface area contributed by atoms with Crippen LogP contribution in [0.5, 0.6) is 0 Å². The largest absolute Gasteiger partial charge is 0.325 e. The van der Waals surface area contributed by atoms with Gasteiger partial charge in [0.15, 0.2) is 11.0 Å². The summed E-state index contributed by atoms with van der Waals surface area (Å²) in [6.45, 7) is 2.05. The average molecular weight is 389 g/mol. The Labute approximate surface area is 167 Å². The SMILES string of the molecule is Cc1ccc(-c2nnc(SCC(=O)Nc3cccc4ncccc34)n2C)cc1. The van der Waals surface area contributed by atoms with Gasteiger partial charge in [0.05, 0.1) is 17.0 Å². The zero-order chi connectivity index (χ0) is 19.5. The number of fused-ring (bicyclic) bond motifs is 1. The van der Waals surface area contributed by atoms with Crippen molar-refractivity contribution in [2.75, 3.05) is 11.1 Å². The number of amides is 1. The lowest BCUT2D eigenvalue weighted by atomic mass is 10.1. The first-order valence-corrected chi connectivity index (χ1v) is 9.83. The van der Waals surface area contributed by atoms with E-state index in [1.165, 1.54) is 17.3 Å². The number of aryl methyl sites for hydroxylation is 1. The number of pyridine rings is 1. The van der Waals surface area contributed by atoms with Crippen molar-refractivity contribution < 1.29 is 4.79 Å². The minimum atomic E-state index is -0.0961. The van der Waals surface area contributed by atoms with Gasteiger partial charge in [0, 0.05) is 24.2 Å². The zero-order valence-corrected chi connectivity index (χ0v) is 16.4. The molecule has 140 valence electrons. The summed E-state index contributed by atoms with van der Waals surface area (Å²) in [5.74, 6) is 0.931. The summed E-state index contributed by atoms with van der Waals surface area (Å²) >= 11 is 1.36. The topological polar surface area (TPSA) is 72.7 Å². The van der Waals surface area contributed by atoms with E-state index in [9.17, 15) is 4.79 Å². The summed E-state index contributed by atoms with van der Waals surface area (Å²) in [7, 11) is 1.91. The number of carbonyl (C=O) groups excluding carboxylic acids is 1. The predicted molar refractivity (Wildman–Crippen MR) is 112 cm³/mol. The van der Waals surface area contributed by atoms with Crippen molar-refractivity contribution in [2.24, 2.45) is 7.05 Å². The monoisotopic (exact) mass is 389 g/mol. The molecule has 4 aromatic rings. The summed E-state index contributed by atoms with van der Waals surface area (Å²) in [5, 5.41) is 13.1. The summed E-state index contributed by atoms with van der Waals surface area (Å²) in [6.07, 6.45) is 1.74.